The molecule has 1 saturated carbocycles. The molecule has 1 aliphatic carbocycles. The van der Waals surface area contributed by atoms with Crippen molar-refractivity contribution in [1.29, 1.82) is 0 Å². The van der Waals surface area contributed by atoms with Crippen LogP contribution in [0, 0.1) is 0 Å². The first-order valence-corrected chi connectivity index (χ1v) is 9.38. The second-order valence-corrected chi connectivity index (χ2v) is 9.22. The molecular formula is C16H28BIN2O. The number of halogens is 1. The maximum atomic E-state index is 6.49. The van der Waals surface area contributed by atoms with Gasteiger partial charge < -0.3 is 9.64 Å². The lowest BCUT2D eigenvalue weighted by atomic mass is 9.78. The molecule has 0 bridgehead atoms. The van der Waals surface area contributed by atoms with E-state index in [0.717, 1.165) is 18.9 Å². The van der Waals surface area contributed by atoms with Crippen LogP contribution in [0.15, 0.2) is 4.99 Å². The van der Waals surface area contributed by atoms with Gasteiger partial charge >= 0.3 is 0 Å². The fourth-order valence-corrected chi connectivity index (χ4v) is 4.22. The van der Waals surface area contributed by atoms with Crippen LogP contribution >= 0.6 is 22.6 Å². The number of hydrogen-bond donors (Lipinski definition) is 0. The molecular weight excluding hydrogens is 374 g/mol. The van der Waals surface area contributed by atoms with Crippen molar-refractivity contribution in [3.05, 3.63) is 0 Å². The Hall–Kier alpha value is 0.0649. The van der Waals surface area contributed by atoms with Gasteiger partial charge in [-0.05, 0) is 50.3 Å². The van der Waals surface area contributed by atoms with Gasteiger partial charge in [0, 0.05) is 12.1 Å². The number of hydrogen-bond acceptors (Lipinski definition) is 2. The van der Waals surface area contributed by atoms with Gasteiger partial charge in [-0.3, -0.25) is 0 Å². The number of ether oxygens (including phenoxy) is 1. The van der Waals surface area contributed by atoms with E-state index < -0.39 is 0 Å². The van der Waals surface area contributed by atoms with E-state index >= 15 is 0 Å². The average Bonchev–Trinajstić information content (AvgIpc) is 2.66. The molecule has 2 rings (SSSR count). The molecule has 21 heavy (non-hydrogen) atoms. The first kappa shape index (κ1) is 17.4. The van der Waals surface area contributed by atoms with Crippen LogP contribution in [0.3, 0.4) is 0 Å². The Morgan fingerprint density at radius 1 is 1.29 bits per heavy atom. The van der Waals surface area contributed by atoms with E-state index in [1.807, 2.05) is 0 Å². The molecule has 2 radical (unpaired) electrons. The number of fused-ring (bicyclic) bond motifs is 1. The lowest BCUT2D eigenvalue weighted by Crippen LogP contribution is -2.43. The Morgan fingerprint density at radius 3 is 2.62 bits per heavy atom. The van der Waals surface area contributed by atoms with Crippen LogP contribution in [0.4, 0.5) is 0 Å². The van der Waals surface area contributed by atoms with E-state index in [2.05, 4.69) is 55.2 Å². The van der Waals surface area contributed by atoms with E-state index in [-0.39, 0.29) is 15.5 Å². The second-order valence-electron chi connectivity index (χ2n) is 7.07. The molecule has 0 aromatic heterocycles. The van der Waals surface area contributed by atoms with Crippen LogP contribution in [0.5, 0.6) is 0 Å². The van der Waals surface area contributed by atoms with Gasteiger partial charge in [-0.1, -0.05) is 41.9 Å². The van der Waals surface area contributed by atoms with Crippen molar-refractivity contribution < 1.29 is 4.74 Å². The summed E-state index contributed by atoms with van der Waals surface area (Å²) in [4.78, 5) is 7.10. The van der Waals surface area contributed by atoms with Gasteiger partial charge in [0.05, 0.1) is 13.9 Å². The number of alkyl halides is 1. The zero-order chi connectivity index (χ0) is 15.6. The predicted octanol–water partition coefficient (Wildman–Crippen LogP) is 3.88. The van der Waals surface area contributed by atoms with E-state index in [1.165, 1.54) is 25.7 Å². The van der Waals surface area contributed by atoms with Crippen LogP contribution in [-0.4, -0.2) is 46.3 Å². The van der Waals surface area contributed by atoms with Crippen molar-refractivity contribution in [1.82, 2.24) is 4.90 Å². The fourth-order valence-electron chi connectivity index (χ4n) is 3.41. The quantitative estimate of drug-likeness (QED) is 0.398. The largest absolute Gasteiger partial charge is 0.460 e. The summed E-state index contributed by atoms with van der Waals surface area (Å²) in [6, 6.07) is 1.94. The summed E-state index contributed by atoms with van der Waals surface area (Å²) in [7, 11) is 6.49. The zero-order valence-corrected chi connectivity index (χ0v) is 16.0. The smallest absolute Gasteiger partial charge is 0.288 e. The highest BCUT2D eigenvalue weighted by molar-refractivity contribution is 14.1. The maximum absolute atomic E-state index is 6.49. The van der Waals surface area contributed by atoms with Crippen LogP contribution in [0.25, 0.3) is 0 Å². The van der Waals surface area contributed by atoms with E-state index in [1.54, 1.807) is 0 Å². The van der Waals surface area contributed by atoms with Crippen LogP contribution < -0.4 is 0 Å². The molecule has 0 aromatic carbocycles. The lowest BCUT2D eigenvalue weighted by molar-refractivity contribution is 0.161. The molecule has 3 atom stereocenters. The zero-order valence-electron chi connectivity index (χ0n) is 13.8. The second kappa shape index (κ2) is 7.09. The van der Waals surface area contributed by atoms with E-state index in [9.17, 15) is 0 Å². The summed E-state index contributed by atoms with van der Waals surface area (Å²) >= 11 is 2.42. The molecule has 3 unspecified atom stereocenters. The highest BCUT2D eigenvalue weighted by atomic mass is 127. The van der Waals surface area contributed by atoms with Crippen molar-refractivity contribution in [3.8, 4) is 0 Å². The van der Waals surface area contributed by atoms with Gasteiger partial charge in [-0.25, -0.2) is 4.99 Å². The first-order valence-electron chi connectivity index (χ1n) is 8.31. The van der Waals surface area contributed by atoms with Crippen molar-refractivity contribution in [3.63, 3.8) is 0 Å². The Kier molecular flexibility index (Phi) is 5.88. The number of rotatable bonds is 2. The molecule has 3 nitrogen and oxygen atoms in total. The summed E-state index contributed by atoms with van der Waals surface area (Å²) in [5.74, 6) is 0. The normalized spacial score (nSPS) is 36.3. The Balaban J connectivity index is 2.26. The highest BCUT2D eigenvalue weighted by Gasteiger charge is 2.44. The average molecular weight is 402 g/mol. The summed E-state index contributed by atoms with van der Waals surface area (Å²) in [6.45, 7) is 8.67. The van der Waals surface area contributed by atoms with Gasteiger partial charge in [0.2, 0.25) is 0 Å². The summed E-state index contributed by atoms with van der Waals surface area (Å²) < 4.78 is 6.12. The minimum atomic E-state index is -0.152. The van der Waals surface area contributed by atoms with Crippen molar-refractivity contribution >= 4 is 36.5 Å². The molecule has 1 heterocycles. The molecule has 0 spiro atoms. The third-order valence-electron chi connectivity index (χ3n) is 4.32. The molecule has 0 N–H and O–H groups in total. The summed E-state index contributed by atoms with van der Waals surface area (Å²) in [5.41, 5.74) is 0. The monoisotopic (exact) mass is 402 g/mol. The summed E-state index contributed by atoms with van der Waals surface area (Å²) in [5, 5.41) is 0. The van der Waals surface area contributed by atoms with E-state index in [0.29, 0.717) is 12.1 Å². The molecule has 2 aliphatic rings. The molecule has 5 heteroatoms. The molecule has 2 fully saturated rings. The van der Waals surface area contributed by atoms with Crippen molar-refractivity contribution in [2.24, 2.45) is 4.99 Å². The number of aliphatic imine (C=N–C) groups is 1. The van der Waals surface area contributed by atoms with Gasteiger partial charge in [-0.15, -0.1) is 0 Å². The fraction of sp³-hybridized carbons (Fsp3) is 0.938. The minimum absolute atomic E-state index is 0.152. The third-order valence-corrected chi connectivity index (χ3v) is 5.30. The molecule has 0 amide bonds. The van der Waals surface area contributed by atoms with E-state index in [4.69, 9.17) is 17.6 Å². The lowest BCUT2D eigenvalue weighted by Gasteiger charge is -2.31. The first-order chi connectivity index (χ1) is 9.80. The predicted molar refractivity (Wildman–Crippen MR) is 98.4 cm³/mol. The minimum Gasteiger partial charge on any atom is -0.460 e. The van der Waals surface area contributed by atoms with Gasteiger partial charge in [0.15, 0.2) is 0 Å². The Morgan fingerprint density at radius 2 is 2.00 bits per heavy atom. The van der Waals surface area contributed by atoms with Crippen molar-refractivity contribution in [2.75, 3.05) is 0 Å². The molecule has 1 saturated heterocycles. The Bertz CT molecular complexity index is 384. The maximum Gasteiger partial charge on any atom is 0.288 e. The number of amidine groups is 1. The van der Waals surface area contributed by atoms with Gasteiger partial charge in [0.1, 0.15) is 6.10 Å². The standard InChI is InChI=1S/C16H28BIN2O/c1-11(2)19-15-20(12(3)4)13-8-6-5-7-9-16(17,18)10-14(13)21-15/h11-14H,5-10H2,1-4H3. The number of nitrogens with zero attached hydrogens (tertiary/aromatic N) is 2. The molecule has 118 valence electrons. The SMILES string of the molecule is [B]C1(I)CCCCCC2C(C1)OC(=NC(C)C)N2C(C)C. The van der Waals surface area contributed by atoms with Crippen LogP contribution in [0.2, 0.25) is 0 Å². The van der Waals surface area contributed by atoms with Crippen LogP contribution in [-0.2, 0) is 4.74 Å². The van der Waals surface area contributed by atoms with Crippen LogP contribution in [0.1, 0.15) is 66.2 Å². The third kappa shape index (κ3) is 4.52. The van der Waals surface area contributed by atoms with Gasteiger partial charge in [0.25, 0.3) is 6.02 Å². The molecule has 0 aromatic rings. The topological polar surface area (TPSA) is 24.8 Å². The summed E-state index contributed by atoms with van der Waals surface area (Å²) in [6.07, 6.45) is 7.13. The molecule has 1 aliphatic heterocycles. The van der Waals surface area contributed by atoms with Crippen molar-refractivity contribution in [2.45, 2.75) is 93.8 Å². The van der Waals surface area contributed by atoms with Gasteiger partial charge in [-0.2, -0.15) is 0 Å². The highest BCUT2D eigenvalue weighted by Crippen LogP contribution is 2.37. The Labute approximate surface area is 144 Å².